The molecule has 2 aromatic carbocycles. The van der Waals surface area contributed by atoms with Crippen molar-refractivity contribution in [2.75, 3.05) is 18.0 Å². The number of hydrogen-bond acceptors (Lipinski definition) is 6. The summed E-state index contributed by atoms with van der Waals surface area (Å²) in [6.07, 6.45) is 2.24. The molecule has 2 aromatic heterocycles. The third-order valence-electron chi connectivity index (χ3n) is 6.72. The lowest BCUT2D eigenvalue weighted by molar-refractivity contribution is -0.123. The van der Waals surface area contributed by atoms with Crippen LogP contribution in [0.1, 0.15) is 29.7 Å². The van der Waals surface area contributed by atoms with Crippen LogP contribution in [0.5, 0.6) is 0 Å². The van der Waals surface area contributed by atoms with Crippen molar-refractivity contribution in [1.82, 2.24) is 9.29 Å². The zero-order valence-corrected chi connectivity index (χ0v) is 21.6. The first-order chi connectivity index (χ1) is 17.3. The van der Waals surface area contributed by atoms with E-state index in [0.717, 1.165) is 27.4 Å². The first-order valence-corrected chi connectivity index (χ1v) is 14.0. The Hall–Kier alpha value is -3.08. The molecule has 7 nitrogen and oxygen atoms in total. The lowest BCUT2D eigenvalue weighted by atomic mass is 9.96. The van der Waals surface area contributed by atoms with Gasteiger partial charge < -0.3 is 4.42 Å². The second kappa shape index (κ2) is 9.76. The molecule has 10 heteroatoms. The lowest BCUT2D eigenvalue weighted by Gasteiger charge is -2.32. The van der Waals surface area contributed by atoms with E-state index < -0.39 is 15.8 Å². The predicted octanol–water partition coefficient (Wildman–Crippen LogP) is 5.28. The Morgan fingerprint density at radius 3 is 2.58 bits per heavy atom. The summed E-state index contributed by atoms with van der Waals surface area (Å²) >= 11 is 1.45. The second-order valence-corrected chi connectivity index (χ2v) is 11.9. The van der Waals surface area contributed by atoms with Crippen molar-refractivity contribution in [3.05, 3.63) is 77.5 Å². The summed E-state index contributed by atoms with van der Waals surface area (Å²) in [7, 11) is -3.97. The van der Waals surface area contributed by atoms with E-state index >= 15 is 0 Å². The van der Waals surface area contributed by atoms with E-state index in [1.807, 2.05) is 32.0 Å². The Kier molecular flexibility index (Phi) is 6.67. The zero-order valence-electron chi connectivity index (χ0n) is 20.0. The van der Waals surface area contributed by atoms with Gasteiger partial charge in [-0.25, -0.2) is 17.8 Å². The van der Waals surface area contributed by atoms with Gasteiger partial charge >= 0.3 is 0 Å². The van der Waals surface area contributed by atoms with Gasteiger partial charge in [0.1, 0.15) is 16.5 Å². The minimum Gasteiger partial charge on any atom is -0.467 e. The van der Waals surface area contributed by atoms with Gasteiger partial charge in [-0.2, -0.15) is 4.31 Å². The number of thiazole rings is 1. The molecule has 5 rings (SSSR count). The number of furan rings is 1. The maximum atomic E-state index is 14.2. The maximum absolute atomic E-state index is 14.2. The first-order valence-electron chi connectivity index (χ1n) is 11.7. The summed E-state index contributed by atoms with van der Waals surface area (Å²) in [6.45, 7) is 4.56. The van der Waals surface area contributed by atoms with Crippen molar-refractivity contribution >= 4 is 42.6 Å². The van der Waals surface area contributed by atoms with E-state index in [1.54, 1.807) is 17.2 Å². The number of aryl methyl sites for hydroxylation is 2. The number of benzene rings is 2. The summed E-state index contributed by atoms with van der Waals surface area (Å²) in [4.78, 5) is 19.9. The fourth-order valence-electron chi connectivity index (χ4n) is 4.48. The van der Waals surface area contributed by atoms with Crippen molar-refractivity contribution in [3.63, 3.8) is 0 Å². The van der Waals surface area contributed by atoms with Crippen LogP contribution in [-0.2, 0) is 21.4 Å². The van der Waals surface area contributed by atoms with Gasteiger partial charge in [-0.1, -0.05) is 29.5 Å². The topological polar surface area (TPSA) is 83.7 Å². The number of rotatable bonds is 6. The number of halogens is 1. The minimum atomic E-state index is -3.97. The number of carbonyl (C=O) groups is 1. The molecule has 0 spiro atoms. The lowest BCUT2D eigenvalue weighted by Crippen LogP contribution is -2.44. The van der Waals surface area contributed by atoms with Crippen LogP contribution in [0.4, 0.5) is 9.52 Å². The van der Waals surface area contributed by atoms with E-state index in [0.29, 0.717) is 23.7 Å². The molecular formula is C26H26FN3O4S2. The molecule has 1 fully saturated rings. The minimum absolute atomic E-state index is 0.122. The number of sulfonamides is 1. The highest BCUT2D eigenvalue weighted by Crippen LogP contribution is 2.35. The van der Waals surface area contributed by atoms with Crippen molar-refractivity contribution in [2.45, 2.75) is 38.1 Å². The Balaban J connectivity index is 1.39. The standard InChI is InChI=1S/C26H26FN3O4S2/c1-17-9-10-22-24(18(17)2)28-26(35-22)30(16-20-6-5-15-34-20)25(31)19-11-13-29(14-12-19)36(32,33)23-8-4-3-7-21(23)27/h3-10,15,19H,11-14,16H2,1-2H3. The quantitative estimate of drug-likeness (QED) is 0.341. The SMILES string of the molecule is Cc1ccc2sc(N(Cc3ccco3)C(=O)C3CCN(S(=O)(=O)c4ccccc4F)CC3)nc2c1C. The molecule has 36 heavy (non-hydrogen) atoms. The number of hydrogen-bond donors (Lipinski definition) is 0. The highest BCUT2D eigenvalue weighted by Gasteiger charge is 2.36. The zero-order chi connectivity index (χ0) is 25.4. The molecule has 0 saturated carbocycles. The van der Waals surface area contributed by atoms with E-state index in [2.05, 4.69) is 0 Å². The summed E-state index contributed by atoms with van der Waals surface area (Å²) in [5.41, 5.74) is 3.08. The number of nitrogens with zero attached hydrogens (tertiary/aromatic N) is 3. The Labute approximate surface area is 213 Å². The normalized spacial score (nSPS) is 15.4. The molecule has 0 atom stereocenters. The molecule has 3 heterocycles. The molecule has 0 aliphatic carbocycles. The number of anilines is 1. The smallest absolute Gasteiger partial charge is 0.245 e. The second-order valence-electron chi connectivity index (χ2n) is 8.96. The Morgan fingerprint density at radius 1 is 1.14 bits per heavy atom. The van der Waals surface area contributed by atoms with E-state index in [-0.39, 0.29) is 36.4 Å². The van der Waals surface area contributed by atoms with E-state index in [4.69, 9.17) is 9.40 Å². The Bertz CT molecular complexity index is 1510. The van der Waals surface area contributed by atoms with E-state index in [1.165, 1.54) is 33.8 Å². The molecule has 1 saturated heterocycles. The van der Waals surface area contributed by atoms with Gasteiger partial charge in [0.25, 0.3) is 0 Å². The Morgan fingerprint density at radius 2 is 1.89 bits per heavy atom. The molecular weight excluding hydrogens is 501 g/mol. The summed E-state index contributed by atoms with van der Waals surface area (Å²) in [5.74, 6) is -0.651. The number of piperidine rings is 1. The fraction of sp³-hybridized carbons (Fsp3) is 0.308. The molecule has 4 aromatic rings. The van der Waals surface area contributed by atoms with Crippen molar-refractivity contribution in [2.24, 2.45) is 5.92 Å². The molecule has 1 aliphatic rings. The van der Waals surface area contributed by atoms with Crippen LogP contribution >= 0.6 is 11.3 Å². The summed E-state index contributed by atoms with van der Waals surface area (Å²) < 4.78 is 47.9. The van der Waals surface area contributed by atoms with Gasteiger partial charge in [0.05, 0.1) is 23.0 Å². The van der Waals surface area contributed by atoms with Crippen LogP contribution in [0.25, 0.3) is 10.2 Å². The average molecular weight is 528 g/mol. The number of carbonyl (C=O) groups excluding carboxylic acids is 1. The molecule has 188 valence electrons. The van der Waals surface area contributed by atoms with Crippen molar-refractivity contribution < 1.29 is 22.0 Å². The van der Waals surface area contributed by atoms with Gasteiger partial charge in [0.2, 0.25) is 15.9 Å². The van der Waals surface area contributed by atoms with Crippen molar-refractivity contribution in [3.8, 4) is 0 Å². The number of fused-ring (bicyclic) bond motifs is 1. The van der Waals surface area contributed by atoms with Crippen LogP contribution in [0.2, 0.25) is 0 Å². The fourth-order valence-corrected chi connectivity index (χ4v) is 7.05. The van der Waals surface area contributed by atoms with Crippen molar-refractivity contribution in [1.29, 1.82) is 0 Å². The molecule has 1 amide bonds. The monoisotopic (exact) mass is 527 g/mol. The maximum Gasteiger partial charge on any atom is 0.245 e. The van der Waals surface area contributed by atoms with Crippen LogP contribution in [-0.4, -0.2) is 36.7 Å². The highest BCUT2D eigenvalue weighted by atomic mass is 32.2. The van der Waals surface area contributed by atoms with Gasteiger partial charge in [-0.3, -0.25) is 9.69 Å². The third-order valence-corrected chi connectivity index (χ3v) is 9.70. The first kappa shape index (κ1) is 24.6. The van der Waals surface area contributed by atoms with Crippen LogP contribution in [0, 0.1) is 25.6 Å². The summed E-state index contributed by atoms with van der Waals surface area (Å²) in [5, 5.41) is 0.585. The highest BCUT2D eigenvalue weighted by molar-refractivity contribution is 7.89. The van der Waals surface area contributed by atoms with Crippen LogP contribution in [0.15, 0.2) is 64.1 Å². The molecule has 1 aliphatic heterocycles. The third kappa shape index (κ3) is 4.56. The number of amides is 1. The molecule has 0 N–H and O–H groups in total. The van der Waals surface area contributed by atoms with Crippen LogP contribution < -0.4 is 4.90 Å². The van der Waals surface area contributed by atoms with Gasteiger partial charge in [0.15, 0.2) is 5.13 Å². The van der Waals surface area contributed by atoms with Crippen LogP contribution in [0.3, 0.4) is 0 Å². The van der Waals surface area contributed by atoms with Gasteiger partial charge in [-0.05, 0) is 68.1 Å². The summed E-state index contributed by atoms with van der Waals surface area (Å²) in [6, 6.07) is 13.0. The predicted molar refractivity (Wildman–Crippen MR) is 137 cm³/mol. The van der Waals surface area contributed by atoms with E-state index in [9.17, 15) is 17.6 Å². The molecule has 0 bridgehead atoms. The van der Waals surface area contributed by atoms with Gasteiger partial charge in [0, 0.05) is 19.0 Å². The van der Waals surface area contributed by atoms with Gasteiger partial charge in [-0.15, -0.1) is 0 Å². The number of aromatic nitrogens is 1. The largest absolute Gasteiger partial charge is 0.467 e. The molecule has 0 unspecified atom stereocenters. The molecule has 0 radical (unpaired) electrons. The average Bonchev–Trinajstić information content (AvgIpc) is 3.55.